The number of ether oxygens (including phenoxy) is 1. The predicted octanol–water partition coefficient (Wildman–Crippen LogP) is 3.45. The minimum Gasteiger partial charge on any atom is -0.497 e. The Labute approximate surface area is 189 Å². The van der Waals surface area contributed by atoms with Crippen molar-refractivity contribution in [2.45, 2.75) is 30.4 Å². The second-order valence-corrected chi connectivity index (χ2v) is 10.8. The molecule has 0 saturated carbocycles. The second-order valence-electron chi connectivity index (χ2n) is 7.71. The highest BCUT2D eigenvalue weighted by Crippen LogP contribution is 2.25. The van der Waals surface area contributed by atoms with E-state index in [1.807, 2.05) is 0 Å². The van der Waals surface area contributed by atoms with Gasteiger partial charge in [-0.3, -0.25) is 4.79 Å². The summed E-state index contributed by atoms with van der Waals surface area (Å²) in [5, 5.41) is 2.98. The first-order valence-corrected chi connectivity index (χ1v) is 13.0. The molecule has 1 saturated heterocycles. The molecular weight excluding hydrogens is 432 g/mol. The standard InChI is InChI=1S/C23H30N2O4S2/c1-18-5-7-19(8-6-18)17-30-15-13-24-23(26)20-4-3-14-25(16-20)31(27,28)22-11-9-21(29-2)10-12-22/h5-12,20H,3-4,13-17H2,1-2H3,(H,24,26). The number of carbonyl (C=O) groups is 1. The molecule has 1 fully saturated rings. The van der Waals surface area contributed by atoms with Crippen molar-refractivity contribution in [3.05, 3.63) is 59.7 Å². The summed E-state index contributed by atoms with van der Waals surface area (Å²) >= 11 is 1.77. The number of nitrogens with zero attached hydrogens (tertiary/aromatic N) is 1. The topological polar surface area (TPSA) is 75.7 Å². The number of benzene rings is 2. The largest absolute Gasteiger partial charge is 0.497 e. The van der Waals surface area contributed by atoms with E-state index in [0.29, 0.717) is 31.7 Å². The number of nitrogens with one attached hydrogen (secondary N) is 1. The summed E-state index contributed by atoms with van der Waals surface area (Å²) in [4.78, 5) is 12.8. The Morgan fingerprint density at radius 1 is 1.16 bits per heavy atom. The SMILES string of the molecule is COc1ccc(S(=O)(=O)N2CCCC(C(=O)NCCSCc3ccc(C)cc3)C2)cc1. The van der Waals surface area contributed by atoms with Crippen LogP contribution in [-0.4, -0.2) is 51.1 Å². The maximum absolute atomic E-state index is 13.0. The highest BCUT2D eigenvalue weighted by Gasteiger charge is 2.33. The highest BCUT2D eigenvalue weighted by molar-refractivity contribution is 7.98. The van der Waals surface area contributed by atoms with Crippen LogP contribution in [0, 0.1) is 12.8 Å². The van der Waals surface area contributed by atoms with Crippen LogP contribution < -0.4 is 10.1 Å². The number of aryl methyl sites for hydroxylation is 1. The van der Waals surface area contributed by atoms with Gasteiger partial charge in [0.2, 0.25) is 15.9 Å². The summed E-state index contributed by atoms with van der Waals surface area (Å²) in [6.07, 6.45) is 1.38. The number of piperidine rings is 1. The summed E-state index contributed by atoms with van der Waals surface area (Å²) in [5.74, 6) is 1.96. The summed E-state index contributed by atoms with van der Waals surface area (Å²) in [5.41, 5.74) is 2.52. The van der Waals surface area contributed by atoms with Gasteiger partial charge in [0.25, 0.3) is 0 Å². The van der Waals surface area contributed by atoms with Gasteiger partial charge in [0.05, 0.1) is 17.9 Å². The molecule has 1 heterocycles. The van der Waals surface area contributed by atoms with Gasteiger partial charge in [-0.05, 0) is 49.6 Å². The molecule has 168 valence electrons. The molecule has 0 spiro atoms. The smallest absolute Gasteiger partial charge is 0.243 e. The van der Waals surface area contributed by atoms with Crippen LogP contribution in [0.3, 0.4) is 0 Å². The minimum atomic E-state index is -3.62. The lowest BCUT2D eigenvalue weighted by atomic mass is 9.99. The Morgan fingerprint density at radius 2 is 1.87 bits per heavy atom. The Morgan fingerprint density at radius 3 is 2.55 bits per heavy atom. The number of sulfonamides is 1. The molecule has 0 aromatic heterocycles. The monoisotopic (exact) mass is 462 g/mol. The fourth-order valence-electron chi connectivity index (χ4n) is 3.54. The molecule has 3 rings (SSSR count). The van der Waals surface area contributed by atoms with Crippen molar-refractivity contribution in [1.82, 2.24) is 9.62 Å². The Balaban J connectivity index is 1.46. The quantitative estimate of drug-likeness (QED) is 0.578. The number of thioether (sulfide) groups is 1. The Bertz CT molecular complexity index is 960. The first-order valence-electron chi connectivity index (χ1n) is 10.5. The lowest BCUT2D eigenvalue weighted by Crippen LogP contribution is -2.45. The second kappa shape index (κ2) is 11.0. The summed E-state index contributed by atoms with van der Waals surface area (Å²) < 4.78 is 32.4. The number of rotatable bonds is 9. The fraction of sp³-hybridized carbons (Fsp3) is 0.435. The van der Waals surface area contributed by atoms with Gasteiger partial charge in [-0.2, -0.15) is 16.1 Å². The van der Waals surface area contributed by atoms with E-state index in [9.17, 15) is 13.2 Å². The van der Waals surface area contributed by atoms with E-state index in [1.54, 1.807) is 43.1 Å². The lowest BCUT2D eigenvalue weighted by molar-refractivity contribution is -0.125. The molecule has 1 aliphatic rings. The fourth-order valence-corrected chi connectivity index (χ4v) is 5.88. The van der Waals surface area contributed by atoms with Gasteiger partial charge in [-0.25, -0.2) is 8.42 Å². The molecule has 6 nitrogen and oxygen atoms in total. The molecule has 1 amide bonds. The van der Waals surface area contributed by atoms with E-state index in [2.05, 4.69) is 36.5 Å². The summed E-state index contributed by atoms with van der Waals surface area (Å²) in [6, 6.07) is 14.8. The normalized spacial score (nSPS) is 17.3. The van der Waals surface area contributed by atoms with E-state index in [1.165, 1.54) is 15.4 Å². The van der Waals surface area contributed by atoms with E-state index < -0.39 is 10.0 Å². The molecular formula is C23H30N2O4S2. The zero-order chi connectivity index (χ0) is 22.3. The molecule has 0 bridgehead atoms. The van der Waals surface area contributed by atoms with Crippen molar-refractivity contribution >= 4 is 27.7 Å². The Hall–Kier alpha value is -2.03. The predicted molar refractivity (Wildman–Crippen MR) is 125 cm³/mol. The minimum absolute atomic E-state index is 0.0643. The molecule has 1 atom stereocenters. The van der Waals surface area contributed by atoms with Crippen LogP contribution >= 0.6 is 11.8 Å². The van der Waals surface area contributed by atoms with E-state index in [0.717, 1.165) is 11.5 Å². The van der Waals surface area contributed by atoms with Crippen LogP contribution in [0.25, 0.3) is 0 Å². The van der Waals surface area contributed by atoms with Crippen molar-refractivity contribution in [2.24, 2.45) is 5.92 Å². The zero-order valence-electron chi connectivity index (χ0n) is 18.0. The number of methoxy groups -OCH3 is 1. The zero-order valence-corrected chi connectivity index (χ0v) is 19.7. The van der Waals surface area contributed by atoms with Crippen LogP contribution in [0.5, 0.6) is 5.75 Å². The highest BCUT2D eigenvalue weighted by atomic mass is 32.2. The third-order valence-corrected chi connectivity index (χ3v) is 8.30. The molecule has 2 aromatic carbocycles. The third-order valence-electron chi connectivity index (χ3n) is 5.39. The lowest BCUT2D eigenvalue weighted by Gasteiger charge is -2.31. The molecule has 1 N–H and O–H groups in total. The van der Waals surface area contributed by atoms with Crippen molar-refractivity contribution in [2.75, 3.05) is 32.5 Å². The number of carbonyl (C=O) groups excluding carboxylic acids is 1. The number of hydrogen-bond acceptors (Lipinski definition) is 5. The number of hydrogen-bond donors (Lipinski definition) is 1. The first kappa shape index (κ1) is 23.6. The average molecular weight is 463 g/mol. The summed E-state index contributed by atoms with van der Waals surface area (Å²) in [6.45, 7) is 3.30. The molecule has 31 heavy (non-hydrogen) atoms. The van der Waals surface area contributed by atoms with Crippen molar-refractivity contribution in [3.8, 4) is 5.75 Å². The van der Waals surface area contributed by atoms with Crippen molar-refractivity contribution in [1.29, 1.82) is 0 Å². The van der Waals surface area contributed by atoms with Gasteiger partial charge in [0.1, 0.15) is 5.75 Å². The first-order chi connectivity index (χ1) is 14.9. The molecule has 0 aliphatic carbocycles. The van der Waals surface area contributed by atoms with Crippen LogP contribution in [0.2, 0.25) is 0 Å². The van der Waals surface area contributed by atoms with Gasteiger partial charge < -0.3 is 10.1 Å². The van der Waals surface area contributed by atoms with E-state index >= 15 is 0 Å². The Kier molecular flexibility index (Phi) is 8.40. The maximum Gasteiger partial charge on any atom is 0.243 e. The van der Waals surface area contributed by atoms with Crippen LogP contribution in [0.4, 0.5) is 0 Å². The van der Waals surface area contributed by atoms with Crippen LogP contribution in [0.1, 0.15) is 24.0 Å². The van der Waals surface area contributed by atoms with E-state index in [4.69, 9.17) is 4.74 Å². The number of amides is 1. The van der Waals surface area contributed by atoms with Crippen molar-refractivity contribution < 1.29 is 17.9 Å². The van der Waals surface area contributed by atoms with Gasteiger partial charge in [-0.1, -0.05) is 29.8 Å². The average Bonchev–Trinajstić information content (AvgIpc) is 2.80. The molecule has 1 aliphatic heterocycles. The molecule has 1 unspecified atom stereocenters. The molecule has 2 aromatic rings. The third kappa shape index (κ3) is 6.48. The van der Waals surface area contributed by atoms with Crippen LogP contribution in [-0.2, 0) is 20.6 Å². The van der Waals surface area contributed by atoms with Gasteiger partial charge in [-0.15, -0.1) is 0 Å². The summed E-state index contributed by atoms with van der Waals surface area (Å²) in [7, 11) is -2.08. The molecule has 0 radical (unpaired) electrons. The van der Waals surface area contributed by atoms with Gasteiger partial charge >= 0.3 is 0 Å². The van der Waals surface area contributed by atoms with Crippen LogP contribution in [0.15, 0.2) is 53.4 Å². The van der Waals surface area contributed by atoms with E-state index in [-0.39, 0.29) is 23.3 Å². The van der Waals surface area contributed by atoms with Gasteiger partial charge in [0.15, 0.2) is 0 Å². The maximum atomic E-state index is 13.0. The van der Waals surface area contributed by atoms with Crippen molar-refractivity contribution in [3.63, 3.8) is 0 Å². The molecule has 8 heteroatoms. The van der Waals surface area contributed by atoms with Gasteiger partial charge in [0, 0.05) is 31.1 Å².